The molecule has 0 aliphatic carbocycles. The Labute approximate surface area is 98.9 Å². The van der Waals surface area contributed by atoms with Gasteiger partial charge in [-0.3, -0.25) is 9.59 Å². The van der Waals surface area contributed by atoms with Crippen molar-refractivity contribution >= 4 is 16.8 Å². The number of hydrogen-bond acceptors (Lipinski definition) is 2. The summed E-state index contributed by atoms with van der Waals surface area (Å²) in [5.41, 5.74) is 0.824. The summed E-state index contributed by atoms with van der Waals surface area (Å²) in [6, 6.07) is 7.31. The summed E-state index contributed by atoms with van der Waals surface area (Å²) in [5, 5.41) is 3.06. The maximum atomic E-state index is 12.1. The lowest BCUT2D eigenvalue weighted by Crippen LogP contribution is -2.27. The number of aromatic nitrogens is 1. The minimum atomic E-state index is -0.344. The fourth-order valence-corrected chi connectivity index (χ4v) is 1.90. The molecular weight excluding hydrogens is 216 g/mol. The van der Waals surface area contributed by atoms with Gasteiger partial charge in [-0.25, -0.2) is 0 Å². The number of benzene rings is 1. The first-order valence-corrected chi connectivity index (χ1v) is 5.53. The van der Waals surface area contributed by atoms with E-state index >= 15 is 0 Å². The molecule has 1 amide bonds. The molecule has 0 fully saturated rings. The first kappa shape index (κ1) is 11.4. The Hall–Kier alpha value is -2.10. The normalized spacial score (nSPS) is 10.5. The molecule has 0 saturated heterocycles. The molecule has 0 unspecified atom stereocenters. The van der Waals surface area contributed by atoms with Gasteiger partial charge >= 0.3 is 0 Å². The molecule has 2 aromatic rings. The van der Waals surface area contributed by atoms with Gasteiger partial charge in [0.25, 0.3) is 5.91 Å². The van der Waals surface area contributed by atoms with E-state index in [4.69, 9.17) is 0 Å². The van der Waals surface area contributed by atoms with Crippen LogP contribution in [0.1, 0.15) is 17.3 Å². The van der Waals surface area contributed by atoms with E-state index in [1.165, 1.54) is 7.05 Å². The van der Waals surface area contributed by atoms with Crippen LogP contribution in [0.4, 0.5) is 0 Å². The summed E-state index contributed by atoms with van der Waals surface area (Å²) in [4.78, 5) is 23.7. The van der Waals surface area contributed by atoms with E-state index < -0.39 is 0 Å². The highest BCUT2D eigenvalue weighted by atomic mass is 16.2. The van der Waals surface area contributed by atoms with Gasteiger partial charge in [0.05, 0.1) is 5.52 Å². The van der Waals surface area contributed by atoms with E-state index in [2.05, 4.69) is 5.32 Å². The Morgan fingerprint density at radius 3 is 2.71 bits per heavy atom. The molecule has 1 aromatic carbocycles. The SMILES string of the molecule is CCn1cc(C(=O)NC)c(=O)c2ccccc21. The van der Waals surface area contributed by atoms with Gasteiger partial charge in [-0.05, 0) is 19.1 Å². The highest BCUT2D eigenvalue weighted by molar-refractivity contribution is 5.97. The van der Waals surface area contributed by atoms with Gasteiger partial charge < -0.3 is 9.88 Å². The second-order valence-corrected chi connectivity index (χ2v) is 3.75. The Bertz CT molecular complexity index is 629. The summed E-state index contributed by atoms with van der Waals surface area (Å²) in [6.07, 6.45) is 1.61. The molecule has 1 N–H and O–H groups in total. The topological polar surface area (TPSA) is 51.1 Å². The number of nitrogens with one attached hydrogen (secondary N) is 1. The zero-order chi connectivity index (χ0) is 12.4. The minimum absolute atomic E-state index is 0.188. The third-order valence-corrected chi connectivity index (χ3v) is 2.80. The lowest BCUT2D eigenvalue weighted by molar-refractivity contribution is 0.0961. The molecule has 17 heavy (non-hydrogen) atoms. The van der Waals surface area contributed by atoms with E-state index in [1.54, 1.807) is 18.3 Å². The molecule has 1 heterocycles. The average Bonchev–Trinajstić information content (AvgIpc) is 2.39. The van der Waals surface area contributed by atoms with Crippen molar-refractivity contribution in [2.75, 3.05) is 7.05 Å². The third-order valence-electron chi connectivity index (χ3n) is 2.80. The third kappa shape index (κ3) is 1.82. The second-order valence-electron chi connectivity index (χ2n) is 3.75. The van der Waals surface area contributed by atoms with Crippen LogP contribution in [0.2, 0.25) is 0 Å². The van der Waals surface area contributed by atoms with Crippen LogP contribution in [0.3, 0.4) is 0 Å². The van der Waals surface area contributed by atoms with Crippen LogP contribution in [0, 0.1) is 0 Å². The van der Waals surface area contributed by atoms with Gasteiger partial charge in [0, 0.05) is 25.2 Å². The van der Waals surface area contributed by atoms with Crippen molar-refractivity contribution in [3.63, 3.8) is 0 Å². The molecule has 2 rings (SSSR count). The molecular formula is C13H14N2O2. The summed E-state index contributed by atoms with van der Waals surface area (Å²) in [5.74, 6) is -0.344. The second kappa shape index (κ2) is 4.41. The number of para-hydroxylation sites is 1. The van der Waals surface area contributed by atoms with Crippen molar-refractivity contribution < 1.29 is 4.79 Å². The van der Waals surface area contributed by atoms with Gasteiger partial charge in [-0.15, -0.1) is 0 Å². The Balaban J connectivity index is 2.85. The Morgan fingerprint density at radius 2 is 2.06 bits per heavy atom. The lowest BCUT2D eigenvalue weighted by Gasteiger charge is -2.10. The van der Waals surface area contributed by atoms with E-state index in [0.29, 0.717) is 11.9 Å². The summed E-state index contributed by atoms with van der Waals surface area (Å²) in [7, 11) is 1.52. The Morgan fingerprint density at radius 1 is 1.35 bits per heavy atom. The minimum Gasteiger partial charge on any atom is -0.355 e. The first-order valence-electron chi connectivity index (χ1n) is 5.53. The monoisotopic (exact) mass is 230 g/mol. The number of aryl methyl sites for hydroxylation is 1. The highest BCUT2D eigenvalue weighted by Crippen LogP contribution is 2.11. The van der Waals surface area contributed by atoms with Crippen LogP contribution in [0.25, 0.3) is 10.9 Å². The lowest BCUT2D eigenvalue weighted by atomic mass is 10.1. The van der Waals surface area contributed by atoms with Gasteiger partial charge in [0.15, 0.2) is 0 Å². The van der Waals surface area contributed by atoms with Crippen LogP contribution in [-0.2, 0) is 6.54 Å². The van der Waals surface area contributed by atoms with Crippen molar-refractivity contribution in [1.29, 1.82) is 0 Å². The number of carbonyl (C=O) groups excluding carboxylic acids is 1. The van der Waals surface area contributed by atoms with Gasteiger partial charge in [0.2, 0.25) is 5.43 Å². The number of nitrogens with zero attached hydrogens (tertiary/aromatic N) is 1. The van der Waals surface area contributed by atoms with Crippen molar-refractivity contribution in [2.45, 2.75) is 13.5 Å². The fourth-order valence-electron chi connectivity index (χ4n) is 1.90. The quantitative estimate of drug-likeness (QED) is 0.847. The van der Waals surface area contributed by atoms with Crippen LogP contribution < -0.4 is 10.7 Å². The van der Waals surface area contributed by atoms with Crippen molar-refractivity contribution in [1.82, 2.24) is 9.88 Å². The first-order chi connectivity index (χ1) is 8.19. The van der Waals surface area contributed by atoms with E-state index in [0.717, 1.165) is 5.52 Å². The molecule has 1 aromatic heterocycles. The van der Waals surface area contributed by atoms with E-state index in [1.807, 2.05) is 23.6 Å². The maximum absolute atomic E-state index is 12.1. The zero-order valence-electron chi connectivity index (χ0n) is 9.86. The van der Waals surface area contributed by atoms with E-state index in [-0.39, 0.29) is 16.9 Å². The van der Waals surface area contributed by atoms with Crippen molar-refractivity contribution in [3.8, 4) is 0 Å². The molecule has 0 radical (unpaired) electrons. The summed E-state index contributed by atoms with van der Waals surface area (Å²) < 4.78 is 1.90. The molecule has 4 heteroatoms. The van der Waals surface area contributed by atoms with Crippen LogP contribution in [0.15, 0.2) is 35.3 Å². The molecule has 0 bridgehead atoms. The summed E-state index contributed by atoms with van der Waals surface area (Å²) in [6.45, 7) is 2.69. The van der Waals surface area contributed by atoms with Gasteiger partial charge in [-0.2, -0.15) is 0 Å². The molecule has 0 aliphatic heterocycles. The van der Waals surface area contributed by atoms with Crippen LogP contribution in [-0.4, -0.2) is 17.5 Å². The van der Waals surface area contributed by atoms with Gasteiger partial charge in [-0.1, -0.05) is 12.1 Å². The number of amides is 1. The number of hydrogen-bond donors (Lipinski definition) is 1. The highest BCUT2D eigenvalue weighted by Gasteiger charge is 2.13. The molecule has 88 valence electrons. The largest absolute Gasteiger partial charge is 0.355 e. The fraction of sp³-hybridized carbons (Fsp3) is 0.231. The predicted octanol–water partition coefficient (Wildman–Crippen LogP) is 1.38. The van der Waals surface area contributed by atoms with Crippen molar-refractivity contribution in [2.24, 2.45) is 0 Å². The van der Waals surface area contributed by atoms with Crippen molar-refractivity contribution in [3.05, 3.63) is 46.2 Å². The number of rotatable bonds is 2. The molecule has 0 spiro atoms. The van der Waals surface area contributed by atoms with Gasteiger partial charge in [0.1, 0.15) is 5.56 Å². The predicted molar refractivity (Wildman–Crippen MR) is 67.3 cm³/mol. The molecule has 4 nitrogen and oxygen atoms in total. The van der Waals surface area contributed by atoms with Crippen LogP contribution in [0.5, 0.6) is 0 Å². The number of carbonyl (C=O) groups is 1. The average molecular weight is 230 g/mol. The number of pyridine rings is 1. The smallest absolute Gasteiger partial charge is 0.256 e. The Kier molecular flexibility index (Phi) is 2.95. The zero-order valence-corrected chi connectivity index (χ0v) is 9.86. The van der Waals surface area contributed by atoms with E-state index in [9.17, 15) is 9.59 Å². The van der Waals surface area contributed by atoms with Crippen LogP contribution >= 0.6 is 0 Å². The maximum Gasteiger partial charge on any atom is 0.256 e. The molecule has 0 saturated carbocycles. The number of fused-ring (bicyclic) bond motifs is 1. The molecule has 0 atom stereocenters. The summed E-state index contributed by atoms with van der Waals surface area (Å²) >= 11 is 0. The standard InChI is InChI=1S/C13H14N2O2/c1-3-15-8-10(13(17)14-2)12(16)9-6-4-5-7-11(9)15/h4-8H,3H2,1-2H3,(H,14,17). The molecule has 0 aliphatic rings.